The number of methoxy groups -OCH3 is 1. The molecule has 2 aliphatic rings. The summed E-state index contributed by atoms with van der Waals surface area (Å²) in [7, 11) is 1.46. The highest BCUT2D eigenvalue weighted by atomic mass is 19.1. The van der Waals surface area contributed by atoms with Gasteiger partial charge in [-0.15, -0.1) is 0 Å². The Morgan fingerprint density at radius 2 is 2.04 bits per heavy atom. The number of rotatable bonds is 3. The Morgan fingerprint density at radius 3 is 2.71 bits per heavy atom. The number of carbonyl (C=O) groups excluding carboxylic acids is 1. The predicted octanol–water partition coefficient (Wildman–Crippen LogP) is 3.08. The first-order chi connectivity index (χ1) is 11.7. The second-order valence-electron chi connectivity index (χ2n) is 6.76. The third-order valence-corrected chi connectivity index (χ3v) is 5.50. The summed E-state index contributed by atoms with van der Waals surface area (Å²) in [5, 5.41) is 0. The van der Waals surface area contributed by atoms with Crippen molar-refractivity contribution in [3.8, 4) is 11.8 Å². The highest BCUT2D eigenvalue weighted by molar-refractivity contribution is 5.75. The lowest BCUT2D eigenvalue weighted by molar-refractivity contribution is -0.150. The highest BCUT2D eigenvalue weighted by Crippen LogP contribution is 2.47. The Hall–Kier alpha value is -1.86. The molecule has 3 nitrogen and oxygen atoms in total. The molecule has 2 bridgehead atoms. The van der Waals surface area contributed by atoms with Gasteiger partial charge in [0.2, 0.25) is 0 Å². The number of alkyl halides is 1. The Labute approximate surface area is 143 Å². The molecule has 1 aromatic rings. The van der Waals surface area contributed by atoms with Gasteiger partial charge in [0.05, 0.1) is 19.6 Å². The number of esters is 1. The lowest BCUT2D eigenvalue weighted by Crippen LogP contribution is -2.51. The number of ether oxygens (including phenoxy) is 1. The molecule has 2 aliphatic heterocycles. The van der Waals surface area contributed by atoms with Gasteiger partial charge in [-0.1, -0.05) is 41.7 Å². The van der Waals surface area contributed by atoms with Crippen molar-refractivity contribution in [2.45, 2.75) is 44.2 Å². The van der Waals surface area contributed by atoms with Crippen LogP contribution in [0.3, 0.4) is 0 Å². The van der Waals surface area contributed by atoms with Crippen LogP contribution in [0.2, 0.25) is 0 Å². The minimum Gasteiger partial charge on any atom is -0.469 e. The van der Waals surface area contributed by atoms with Gasteiger partial charge in [-0.3, -0.25) is 9.69 Å². The zero-order chi connectivity index (χ0) is 17.1. The number of aryl methyl sites for hydroxylation is 1. The summed E-state index contributed by atoms with van der Waals surface area (Å²) < 4.78 is 17.4. The highest BCUT2D eigenvalue weighted by Gasteiger charge is 2.50. The van der Waals surface area contributed by atoms with Crippen molar-refractivity contribution in [1.29, 1.82) is 0 Å². The van der Waals surface area contributed by atoms with E-state index in [0.29, 0.717) is 12.6 Å². The molecular weight excluding hydrogens is 305 g/mol. The zero-order valence-electron chi connectivity index (χ0n) is 14.3. The summed E-state index contributed by atoms with van der Waals surface area (Å²) in [6, 6.07) is 9.02. The third kappa shape index (κ3) is 3.18. The van der Waals surface area contributed by atoms with Gasteiger partial charge in [0.1, 0.15) is 6.67 Å². The van der Waals surface area contributed by atoms with Crippen molar-refractivity contribution in [2.24, 2.45) is 5.92 Å². The first-order valence-corrected chi connectivity index (χ1v) is 8.57. The fraction of sp³-hybridized carbons (Fsp3) is 0.550. The second kappa shape index (κ2) is 7.36. The van der Waals surface area contributed by atoms with Crippen LogP contribution in [0.15, 0.2) is 24.3 Å². The SMILES string of the molecule is COC(=O)C1C(c2ccc(C)cc2)CC2CCC1N2CC#CCF. The number of carbonyl (C=O) groups is 1. The molecular formula is C20H24FNO2. The van der Waals surface area contributed by atoms with Crippen molar-refractivity contribution < 1.29 is 13.9 Å². The lowest BCUT2D eigenvalue weighted by atomic mass is 9.76. The molecule has 3 rings (SSSR count). The van der Waals surface area contributed by atoms with E-state index in [1.54, 1.807) is 0 Å². The van der Waals surface area contributed by atoms with Crippen molar-refractivity contribution in [3.05, 3.63) is 35.4 Å². The van der Waals surface area contributed by atoms with E-state index in [4.69, 9.17) is 4.74 Å². The van der Waals surface area contributed by atoms with Gasteiger partial charge in [0, 0.05) is 18.0 Å². The van der Waals surface area contributed by atoms with E-state index in [0.717, 1.165) is 19.3 Å². The summed E-state index contributed by atoms with van der Waals surface area (Å²) in [4.78, 5) is 14.8. The van der Waals surface area contributed by atoms with Gasteiger partial charge in [-0.2, -0.15) is 0 Å². The van der Waals surface area contributed by atoms with Crippen LogP contribution in [-0.4, -0.2) is 43.3 Å². The van der Waals surface area contributed by atoms with E-state index in [1.165, 1.54) is 18.2 Å². The molecule has 128 valence electrons. The molecule has 0 amide bonds. The molecule has 0 saturated carbocycles. The maximum Gasteiger partial charge on any atom is 0.310 e. The van der Waals surface area contributed by atoms with E-state index < -0.39 is 6.67 Å². The van der Waals surface area contributed by atoms with Gasteiger partial charge in [-0.25, -0.2) is 4.39 Å². The van der Waals surface area contributed by atoms with Crippen LogP contribution in [-0.2, 0) is 9.53 Å². The predicted molar refractivity (Wildman–Crippen MR) is 91.3 cm³/mol. The van der Waals surface area contributed by atoms with Crippen LogP contribution in [0, 0.1) is 24.7 Å². The van der Waals surface area contributed by atoms with Crippen LogP contribution in [0.25, 0.3) is 0 Å². The van der Waals surface area contributed by atoms with E-state index in [-0.39, 0.29) is 23.8 Å². The van der Waals surface area contributed by atoms with Gasteiger partial charge in [0.25, 0.3) is 0 Å². The van der Waals surface area contributed by atoms with Crippen LogP contribution >= 0.6 is 0 Å². The normalized spacial score (nSPS) is 29.0. The van der Waals surface area contributed by atoms with Gasteiger partial charge in [0.15, 0.2) is 0 Å². The van der Waals surface area contributed by atoms with E-state index in [2.05, 4.69) is 47.9 Å². The van der Waals surface area contributed by atoms with E-state index in [1.807, 2.05) is 0 Å². The van der Waals surface area contributed by atoms with Gasteiger partial charge in [-0.05, 0) is 31.7 Å². The van der Waals surface area contributed by atoms with Crippen molar-refractivity contribution in [1.82, 2.24) is 4.90 Å². The molecule has 0 radical (unpaired) electrons. The lowest BCUT2D eigenvalue weighted by Gasteiger charge is -2.42. The molecule has 0 aliphatic carbocycles. The first-order valence-electron chi connectivity index (χ1n) is 8.57. The molecule has 0 N–H and O–H groups in total. The maximum absolute atomic E-state index is 12.5. The Morgan fingerprint density at radius 1 is 1.29 bits per heavy atom. The van der Waals surface area contributed by atoms with Gasteiger partial charge >= 0.3 is 5.97 Å². The molecule has 4 atom stereocenters. The number of hydrogen-bond acceptors (Lipinski definition) is 3. The zero-order valence-corrected chi connectivity index (χ0v) is 14.3. The number of piperidine rings is 1. The van der Waals surface area contributed by atoms with Crippen LogP contribution in [0.5, 0.6) is 0 Å². The smallest absolute Gasteiger partial charge is 0.310 e. The average molecular weight is 329 g/mol. The van der Waals surface area contributed by atoms with Crippen molar-refractivity contribution >= 4 is 5.97 Å². The number of nitrogens with zero attached hydrogens (tertiary/aromatic N) is 1. The molecule has 4 heteroatoms. The average Bonchev–Trinajstić information content (AvgIpc) is 2.87. The van der Waals surface area contributed by atoms with Gasteiger partial charge < -0.3 is 4.74 Å². The fourth-order valence-electron chi connectivity index (χ4n) is 4.37. The molecule has 0 spiro atoms. The largest absolute Gasteiger partial charge is 0.469 e. The quantitative estimate of drug-likeness (QED) is 0.630. The molecule has 4 unspecified atom stereocenters. The van der Waals surface area contributed by atoms with Crippen molar-refractivity contribution in [2.75, 3.05) is 20.3 Å². The minimum atomic E-state index is -0.615. The number of halogens is 1. The molecule has 2 heterocycles. The molecule has 2 fully saturated rings. The molecule has 2 saturated heterocycles. The van der Waals surface area contributed by atoms with E-state index >= 15 is 0 Å². The summed E-state index contributed by atoms with van der Waals surface area (Å²) >= 11 is 0. The molecule has 24 heavy (non-hydrogen) atoms. The monoisotopic (exact) mass is 329 g/mol. The topological polar surface area (TPSA) is 29.5 Å². The fourth-order valence-corrected chi connectivity index (χ4v) is 4.37. The summed E-state index contributed by atoms with van der Waals surface area (Å²) in [5.41, 5.74) is 2.43. The number of fused-ring (bicyclic) bond motifs is 2. The molecule has 1 aromatic carbocycles. The summed E-state index contributed by atoms with van der Waals surface area (Å²) in [6.07, 6.45) is 2.97. The third-order valence-electron chi connectivity index (χ3n) is 5.50. The molecule has 0 aromatic heterocycles. The number of hydrogen-bond donors (Lipinski definition) is 0. The number of benzene rings is 1. The van der Waals surface area contributed by atoms with Crippen LogP contribution < -0.4 is 0 Å². The first kappa shape index (κ1) is 17.0. The standard InChI is InChI=1S/C20H24FNO2/c1-14-5-7-15(8-6-14)17-13-16-9-10-18(19(17)20(23)24-2)22(16)12-4-3-11-21/h5-8,16-19H,9-13H2,1-2H3. The summed E-state index contributed by atoms with van der Waals surface area (Å²) in [6.45, 7) is 1.99. The van der Waals surface area contributed by atoms with Crippen LogP contribution in [0.1, 0.15) is 36.3 Å². The second-order valence-corrected chi connectivity index (χ2v) is 6.76. The van der Waals surface area contributed by atoms with Crippen LogP contribution in [0.4, 0.5) is 4.39 Å². The van der Waals surface area contributed by atoms with E-state index in [9.17, 15) is 9.18 Å². The maximum atomic E-state index is 12.5. The Kier molecular flexibility index (Phi) is 5.20. The summed E-state index contributed by atoms with van der Waals surface area (Å²) in [5.74, 6) is 5.25. The Balaban J connectivity index is 1.89. The van der Waals surface area contributed by atoms with Crippen molar-refractivity contribution in [3.63, 3.8) is 0 Å². The minimum absolute atomic E-state index is 0.136. The Bertz CT molecular complexity index is 646.